The van der Waals surface area contributed by atoms with Gasteiger partial charge >= 0.3 is 0 Å². The van der Waals surface area contributed by atoms with Crippen molar-refractivity contribution in [3.05, 3.63) is 17.3 Å². The van der Waals surface area contributed by atoms with E-state index in [-0.39, 0.29) is 5.60 Å². The molecule has 0 bridgehead atoms. The second-order valence-electron chi connectivity index (χ2n) is 3.84. The number of aromatic nitrogens is 2. The molecule has 0 aromatic carbocycles. The van der Waals surface area contributed by atoms with E-state index < -0.39 is 0 Å². The highest BCUT2D eigenvalue weighted by Gasteiger charge is 2.36. The van der Waals surface area contributed by atoms with Crippen molar-refractivity contribution in [2.75, 3.05) is 19.0 Å². The predicted molar refractivity (Wildman–Crippen MR) is 59.1 cm³/mol. The van der Waals surface area contributed by atoms with Gasteiger partial charge in [-0.05, 0) is 31.4 Å². The highest BCUT2D eigenvalue weighted by Crippen LogP contribution is 2.34. The second kappa shape index (κ2) is 4.33. The van der Waals surface area contributed by atoms with E-state index in [2.05, 4.69) is 15.5 Å². The number of anilines is 1. The average Bonchev–Trinajstić information content (AvgIpc) is 2.20. The fourth-order valence-electron chi connectivity index (χ4n) is 1.69. The number of nitrogens with one attached hydrogen (secondary N) is 1. The molecule has 0 saturated heterocycles. The van der Waals surface area contributed by atoms with Crippen LogP contribution in [0, 0.1) is 0 Å². The predicted octanol–water partition coefficient (Wildman–Crippen LogP) is 2.11. The van der Waals surface area contributed by atoms with Gasteiger partial charge in [-0.3, -0.25) is 0 Å². The third-order valence-electron chi connectivity index (χ3n) is 2.92. The summed E-state index contributed by atoms with van der Waals surface area (Å²) in [7, 11) is 1.76. The molecule has 0 radical (unpaired) electrons. The van der Waals surface area contributed by atoms with E-state index >= 15 is 0 Å². The number of hydrogen-bond donors (Lipinski definition) is 1. The van der Waals surface area contributed by atoms with E-state index in [1.807, 2.05) is 6.07 Å². The van der Waals surface area contributed by atoms with E-state index in [1.165, 1.54) is 6.42 Å². The van der Waals surface area contributed by atoms with Crippen LogP contribution in [-0.2, 0) is 4.74 Å². The normalized spacial score (nSPS) is 18.3. The zero-order chi connectivity index (χ0) is 10.7. The smallest absolute Gasteiger partial charge is 0.151 e. The maximum Gasteiger partial charge on any atom is 0.151 e. The number of nitrogens with zero attached hydrogens (tertiary/aromatic N) is 2. The monoisotopic (exact) mass is 227 g/mol. The molecular weight excluding hydrogens is 214 g/mol. The Balaban J connectivity index is 1.90. The number of ether oxygens (including phenoxy) is 1. The summed E-state index contributed by atoms with van der Waals surface area (Å²) in [5, 5.41) is 11.3. The first kappa shape index (κ1) is 10.6. The van der Waals surface area contributed by atoms with Crippen molar-refractivity contribution in [1.82, 2.24) is 10.2 Å². The fraction of sp³-hybridized carbons (Fsp3) is 0.600. The van der Waals surface area contributed by atoms with Crippen LogP contribution < -0.4 is 5.32 Å². The molecule has 1 saturated carbocycles. The van der Waals surface area contributed by atoms with E-state index in [0.29, 0.717) is 5.15 Å². The summed E-state index contributed by atoms with van der Waals surface area (Å²) in [5.41, 5.74) is 0.00131. The average molecular weight is 228 g/mol. The van der Waals surface area contributed by atoms with Crippen LogP contribution in [0.25, 0.3) is 0 Å². The maximum atomic E-state index is 5.64. The Labute approximate surface area is 94.0 Å². The molecule has 1 aliphatic carbocycles. The van der Waals surface area contributed by atoms with Crippen molar-refractivity contribution in [2.24, 2.45) is 0 Å². The number of halogens is 1. The van der Waals surface area contributed by atoms with Crippen LogP contribution >= 0.6 is 11.6 Å². The number of methoxy groups -OCH3 is 1. The first-order valence-electron chi connectivity index (χ1n) is 5.02. The number of hydrogen-bond acceptors (Lipinski definition) is 4. The topological polar surface area (TPSA) is 47.0 Å². The summed E-state index contributed by atoms with van der Waals surface area (Å²) in [5.74, 6) is 0.739. The van der Waals surface area contributed by atoms with Gasteiger partial charge in [0.1, 0.15) is 5.82 Å². The molecule has 0 spiro atoms. The molecule has 1 heterocycles. The summed E-state index contributed by atoms with van der Waals surface area (Å²) in [4.78, 5) is 0. The lowest BCUT2D eigenvalue weighted by molar-refractivity contribution is -0.0601. The van der Waals surface area contributed by atoms with Crippen LogP contribution in [0.2, 0.25) is 5.15 Å². The van der Waals surface area contributed by atoms with Gasteiger partial charge in [-0.1, -0.05) is 11.6 Å². The zero-order valence-corrected chi connectivity index (χ0v) is 9.42. The van der Waals surface area contributed by atoms with Gasteiger partial charge in [0.25, 0.3) is 0 Å². The summed E-state index contributed by atoms with van der Waals surface area (Å²) in [6.45, 7) is 0.778. The zero-order valence-electron chi connectivity index (χ0n) is 8.66. The first-order valence-corrected chi connectivity index (χ1v) is 5.40. The molecule has 1 fully saturated rings. The Hall–Kier alpha value is -0.870. The van der Waals surface area contributed by atoms with Crippen molar-refractivity contribution < 1.29 is 4.74 Å². The van der Waals surface area contributed by atoms with E-state index in [1.54, 1.807) is 13.2 Å². The molecule has 5 heteroatoms. The van der Waals surface area contributed by atoms with Crippen LogP contribution in [0.4, 0.5) is 5.82 Å². The molecule has 1 aromatic rings. The minimum atomic E-state index is 0.00131. The molecule has 1 N–H and O–H groups in total. The Morgan fingerprint density at radius 2 is 2.27 bits per heavy atom. The van der Waals surface area contributed by atoms with Gasteiger partial charge in [0.2, 0.25) is 0 Å². The van der Waals surface area contributed by atoms with E-state index in [4.69, 9.17) is 16.3 Å². The van der Waals surface area contributed by atoms with Crippen molar-refractivity contribution in [2.45, 2.75) is 24.9 Å². The molecule has 2 rings (SSSR count). The lowest BCUT2D eigenvalue weighted by Crippen LogP contribution is -2.45. The number of rotatable bonds is 4. The van der Waals surface area contributed by atoms with Crippen LogP contribution in [-0.4, -0.2) is 29.5 Å². The van der Waals surface area contributed by atoms with Gasteiger partial charge in [-0.2, -0.15) is 0 Å². The highest BCUT2D eigenvalue weighted by atomic mass is 35.5. The molecular formula is C10H14ClN3O. The molecule has 1 aromatic heterocycles. The van der Waals surface area contributed by atoms with Crippen molar-refractivity contribution in [3.8, 4) is 0 Å². The lowest BCUT2D eigenvalue weighted by Gasteiger charge is -2.40. The second-order valence-corrected chi connectivity index (χ2v) is 4.22. The molecule has 15 heavy (non-hydrogen) atoms. The van der Waals surface area contributed by atoms with Crippen molar-refractivity contribution in [3.63, 3.8) is 0 Å². The first-order chi connectivity index (χ1) is 7.24. The molecule has 0 unspecified atom stereocenters. The fourth-order valence-corrected chi connectivity index (χ4v) is 1.79. The van der Waals surface area contributed by atoms with E-state index in [0.717, 1.165) is 25.2 Å². The summed E-state index contributed by atoms with van der Waals surface area (Å²) >= 11 is 5.64. The van der Waals surface area contributed by atoms with Gasteiger partial charge in [0, 0.05) is 13.7 Å². The van der Waals surface area contributed by atoms with Crippen LogP contribution in [0.5, 0.6) is 0 Å². The third-order valence-corrected chi connectivity index (χ3v) is 3.12. The van der Waals surface area contributed by atoms with Crippen LogP contribution in [0.3, 0.4) is 0 Å². The highest BCUT2D eigenvalue weighted by molar-refractivity contribution is 6.29. The molecule has 4 nitrogen and oxygen atoms in total. The SMILES string of the molecule is COC1(CNc2ccc(Cl)nn2)CCC1. The molecule has 0 aliphatic heterocycles. The minimum absolute atomic E-state index is 0.00131. The van der Waals surface area contributed by atoms with Crippen molar-refractivity contribution in [1.29, 1.82) is 0 Å². The molecule has 0 amide bonds. The van der Waals surface area contributed by atoms with Gasteiger partial charge in [0.05, 0.1) is 5.60 Å². The van der Waals surface area contributed by atoms with Crippen LogP contribution in [0.15, 0.2) is 12.1 Å². The largest absolute Gasteiger partial charge is 0.376 e. The Bertz CT molecular complexity index is 318. The van der Waals surface area contributed by atoms with Gasteiger partial charge in [0.15, 0.2) is 5.15 Å². The minimum Gasteiger partial charge on any atom is -0.376 e. The molecule has 0 atom stereocenters. The maximum absolute atomic E-state index is 5.64. The van der Waals surface area contributed by atoms with Crippen molar-refractivity contribution >= 4 is 17.4 Å². The molecule has 82 valence electrons. The van der Waals surface area contributed by atoms with Gasteiger partial charge in [-0.15, -0.1) is 10.2 Å². The van der Waals surface area contributed by atoms with Gasteiger partial charge in [-0.25, -0.2) is 0 Å². The third kappa shape index (κ3) is 2.38. The Morgan fingerprint density at radius 1 is 1.47 bits per heavy atom. The molecule has 1 aliphatic rings. The standard InChI is InChI=1S/C10H14ClN3O/c1-15-10(5-2-6-10)7-12-9-4-3-8(11)13-14-9/h3-4H,2,5-7H2,1H3,(H,12,14). The van der Waals surface area contributed by atoms with E-state index in [9.17, 15) is 0 Å². The Kier molecular flexibility index (Phi) is 3.07. The summed E-state index contributed by atoms with van der Waals surface area (Å²) in [6.07, 6.45) is 3.46. The quantitative estimate of drug-likeness (QED) is 0.856. The van der Waals surface area contributed by atoms with Gasteiger partial charge < -0.3 is 10.1 Å². The summed E-state index contributed by atoms with van der Waals surface area (Å²) < 4.78 is 5.48. The van der Waals surface area contributed by atoms with Crippen LogP contribution in [0.1, 0.15) is 19.3 Å². The lowest BCUT2D eigenvalue weighted by atomic mass is 9.80. The Morgan fingerprint density at radius 3 is 2.73 bits per heavy atom. The summed E-state index contributed by atoms with van der Waals surface area (Å²) in [6, 6.07) is 3.54.